The second-order valence-electron chi connectivity index (χ2n) is 5.24. The van der Waals surface area contributed by atoms with Crippen molar-refractivity contribution in [2.75, 3.05) is 7.05 Å². The van der Waals surface area contributed by atoms with Crippen LogP contribution in [0.2, 0.25) is 0 Å². The van der Waals surface area contributed by atoms with E-state index >= 15 is 0 Å². The Morgan fingerprint density at radius 2 is 1.45 bits per heavy atom. The minimum Gasteiger partial charge on any atom is -0.313 e. The third-order valence-corrected chi connectivity index (χ3v) is 4.27. The number of likely N-dealkylation sites (N-methyl/N-ethyl adjacent to an activating group) is 1. The fourth-order valence-corrected chi connectivity index (χ4v) is 3.91. The summed E-state index contributed by atoms with van der Waals surface area (Å²) in [5.74, 6) is 0. The number of hydrogen-bond acceptors (Lipinski definition) is 1. The van der Waals surface area contributed by atoms with E-state index in [1.807, 2.05) is 7.05 Å². The van der Waals surface area contributed by atoms with E-state index in [-0.39, 0.29) is 0 Å². The van der Waals surface area contributed by atoms with Gasteiger partial charge >= 0.3 is 0 Å². The molecule has 3 heteroatoms. The molecule has 1 atom stereocenters. The highest BCUT2D eigenvalue weighted by Gasteiger charge is 2.12. The summed E-state index contributed by atoms with van der Waals surface area (Å²) in [4.78, 5) is 0. The summed E-state index contributed by atoms with van der Waals surface area (Å²) in [6.45, 7) is 4.31. The predicted octanol–water partition coefficient (Wildman–Crippen LogP) is 5.33. The molecule has 106 valence electrons. The van der Waals surface area contributed by atoms with Gasteiger partial charge in [0.25, 0.3) is 0 Å². The SMILES string of the molecule is CNC(Cc1cc(C)cc(C)c1)c1cc(Br)cc(Br)c1. The first-order valence-electron chi connectivity index (χ1n) is 6.68. The van der Waals surface area contributed by atoms with Crippen LogP contribution in [0.15, 0.2) is 45.3 Å². The van der Waals surface area contributed by atoms with Gasteiger partial charge < -0.3 is 5.32 Å². The first kappa shape index (κ1) is 15.7. The molecule has 0 saturated heterocycles. The standard InChI is InChI=1S/C17H19Br2N/c1-11-4-12(2)6-13(5-11)7-17(20-3)14-8-15(18)10-16(19)9-14/h4-6,8-10,17,20H,7H2,1-3H3. The maximum atomic E-state index is 3.56. The molecule has 0 spiro atoms. The number of nitrogens with one attached hydrogen (secondary N) is 1. The number of halogens is 2. The minimum absolute atomic E-state index is 0.310. The smallest absolute Gasteiger partial charge is 0.0359 e. The first-order valence-corrected chi connectivity index (χ1v) is 8.27. The predicted molar refractivity (Wildman–Crippen MR) is 93.3 cm³/mol. The van der Waals surface area contributed by atoms with Crippen molar-refractivity contribution in [3.8, 4) is 0 Å². The van der Waals surface area contributed by atoms with Crippen LogP contribution in [0.4, 0.5) is 0 Å². The van der Waals surface area contributed by atoms with Crippen LogP contribution in [-0.2, 0) is 6.42 Å². The molecule has 2 aromatic rings. The molecule has 0 saturated carbocycles. The highest BCUT2D eigenvalue weighted by Crippen LogP contribution is 2.26. The molecule has 1 nitrogen and oxygen atoms in total. The maximum Gasteiger partial charge on any atom is 0.0359 e. The van der Waals surface area contributed by atoms with Gasteiger partial charge in [-0.3, -0.25) is 0 Å². The number of aryl methyl sites for hydroxylation is 2. The van der Waals surface area contributed by atoms with Crippen molar-refractivity contribution >= 4 is 31.9 Å². The quantitative estimate of drug-likeness (QED) is 0.736. The Balaban J connectivity index is 2.28. The Hall–Kier alpha value is -0.640. The number of hydrogen-bond donors (Lipinski definition) is 1. The molecule has 1 N–H and O–H groups in total. The second kappa shape index (κ2) is 6.88. The van der Waals surface area contributed by atoms with Crippen molar-refractivity contribution in [1.29, 1.82) is 0 Å². The first-order chi connectivity index (χ1) is 9.47. The van der Waals surface area contributed by atoms with Crippen LogP contribution in [-0.4, -0.2) is 7.05 Å². The molecule has 20 heavy (non-hydrogen) atoms. The fraction of sp³-hybridized carbons (Fsp3) is 0.294. The normalized spacial score (nSPS) is 12.4. The highest BCUT2D eigenvalue weighted by molar-refractivity contribution is 9.11. The lowest BCUT2D eigenvalue weighted by molar-refractivity contribution is 0.591. The maximum absolute atomic E-state index is 3.56. The Kier molecular flexibility index (Phi) is 5.42. The molecule has 0 bridgehead atoms. The molecule has 0 heterocycles. The summed E-state index contributed by atoms with van der Waals surface area (Å²) < 4.78 is 2.20. The molecule has 0 aliphatic carbocycles. The van der Waals surface area contributed by atoms with Gasteiger partial charge in [0.15, 0.2) is 0 Å². The van der Waals surface area contributed by atoms with Crippen LogP contribution < -0.4 is 5.32 Å². The monoisotopic (exact) mass is 395 g/mol. The average molecular weight is 397 g/mol. The lowest BCUT2D eigenvalue weighted by Crippen LogP contribution is -2.19. The molecule has 2 rings (SSSR count). The van der Waals surface area contributed by atoms with Crippen LogP contribution in [0.3, 0.4) is 0 Å². The topological polar surface area (TPSA) is 12.0 Å². The summed E-state index contributed by atoms with van der Waals surface area (Å²) >= 11 is 7.12. The molecular formula is C17H19Br2N. The van der Waals surface area contributed by atoms with E-state index in [0.29, 0.717) is 6.04 Å². The van der Waals surface area contributed by atoms with Crippen LogP contribution >= 0.6 is 31.9 Å². The lowest BCUT2D eigenvalue weighted by atomic mass is 9.97. The number of rotatable bonds is 4. The van der Waals surface area contributed by atoms with Gasteiger partial charge in [-0.2, -0.15) is 0 Å². The van der Waals surface area contributed by atoms with Crippen molar-refractivity contribution < 1.29 is 0 Å². The second-order valence-corrected chi connectivity index (χ2v) is 7.08. The van der Waals surface area contributed by atoms with Crippen molar-refractivity contribution in [3.05, 3.63) is 67.6 Å². The zero-order chi connectivity index (χ0) is 14.7. The molecule has 2 aromatic carbocycles. The zero-order valence-electron chi connectivity index (χ0n) is 12.0. The van der Waals surface area contributed by atoms with Crippen molar-refractivity contribution in [2.24, 2.45) is 0 Å². The molecule has 0 radical (unpaired) electrons. The lowest BCUT2D eigenvalue weighted by Gasteiger charge is -2.18. The summed E-state index contributed by atoms with van der Waals surface area (Å²) in [6.07, 6.45) is 0.988. The van der Waals surface area contributed by atoms with Crippen LogP contribution in [0.1, 0.15) is 28.3 Å². The Morgan fingerprint density at radius 3 is 1.95 bits per heavy atom. The number of benzene rings is 2. The van der Waals surface area contributed by atoms with Gasteiger partial charge in [0.2, 0.25) is 0 Å². The van der Waals surface area contributed by atoms with Crippen molar-refractivity contribution in [2.45, 2.75) is 26.3 Å². The fourth-order valence-electron chi connectivity index (χ4n) is 2.59. The molecule has 0 aromatic heterocycles. The van der Waals surface area contributed by atoms with E-state index in [2.05, 4.69) is 87.4 Å². The van der Waals surface area contributed by atoms with Gasteiger partial charge in [-0.15, -0.1) is 0 Å². The third kappa shape index (κ3) is 4.18. The molecule has 0 amide bonds. The van der Waals surface area contributed by atoms with E-state index in [0.717, 1.165) is 15.4 Å². The Bertz CT molecular complexity index is 567. The van der Waals surface area contributed by atoms with E-state index in [9.17, 15) is 0 Å². The molecule has 0 fully saturated rings. The molecular weight excluding hydrogens is 378 g/mol. The van der Waals surface area contributed by atoms with E-state index in [4.69, 9.17) is 0 Å². The van der Waals surface area contributed by atoms with Crippen LogP contribution in [0.5, 0.6) is 0 Å². The van der Waals surface area contributed by atoms with Gasteiger partial charge in [0, 0.05) is 15.0 Å². The van der Waals surface area contributed by atoms with Gasteiger partial charge in [-0.1, -0.05) is 61.2 Å². The van der Waals surface area contributed by atoms with Gasteiger partial charge in [-0.05, 0) is 56.6 Å². The van der Waals surface area contributed by atoms with Gasteiger partial charge in [0.1, 0.15) is 0 Å². The van der Waals surface area contributed by atoms with Crippen LogP contribution in [0.25, 0.3) is 0 Å². The Morgan fingerprint density at radius 1 is 0.900 bits per heavy atom. The van der Waals surface area contributed by atoms with Gasteiger partial charge in [0.05, 0.1) is 0 Å². The van der Waals surface area contributed by atoms with E-state index in [1.54, 1.807) is 0 Å². The molecule has 0 aliphatic rings. The van der Waals surface area contributed by atoms with E-state index in [1.165, 1.54) is 22.3 Å². The largest absolute Gasteiger partial charge is 0.313 e. The zero-order valence-corrected chi connectivity index (χ0v) is 15.2. The molecule has 1 unspecified atom stereocenters. The van der Waals surface area contributed by atoms with E-state index < -0.39 is 0 Å². The summed E-state index contributed by atoms with van der Waals surface area (Å²) in [6, 6.07) is 13.5. The third-order valence-electron chi connectivity index (χ3n) is 3.36. The summed E-state index contributed by atoms with van der Waals surface area (Å²) in [7, 11) is 2.02. The van der Waals surface area contributed by atoms with Crippen LogP contribution in [0, 0.1) is 13.8 Å². The van der Waals surface area contributed by atoms with Gasteiger partial charge in [-0.25, -0.2) is 0 Å². The summed E-state index contributed by atoms with van der Waals surface area (Å²) in [5, 5.41) is 3.42. The minimum atomic E-state index is 0.310. The Labute approximate surface area is 138 Å². The van der Waals surface area contributed by atoms with Crippen molar-refractivity contribution in [1.82, 2.24) is 5.32 Å². The molecule has 0 aliphatic heterocycles. The summed E-state index contributed by atoms with van der Waals surface area (Å²) in [5.41, 5.74) is 5.31. The average Bonchev–Trinajstić information content (AvgIpc) is 2.33. The highest BCUT2D eigenvalue weighted by atomic mass is 79.9. The van der Waals surface area contributed by atoms with Crippen molar-refractivity contribution in [3.63, 3.8) is 0 Å².